The lowest BCUT2D eigenvalue weighted by Crippen LogP contribution is -2.40. The summed E-state index contributed by atoms with van der Waals surface area (Å²) >= 11 is 0. The summed E-state index contributed by atoms with van der Waals surface area (Å²) in [6.45, 7) is 0. The van der Waals surface area contributed by atoms with E-state index in [1.165, 1.54) is 0 Å². The molecule has 80 heavy (non-hydrogen) atoms. The van der Waals surface area contributed by atoms with Crippen LogP contribution in [0.3, 0.4) is 0 Å². The van der Waals surface area contributed by atoms with Gasteiger partial charge in [-0.2, -0.15) is 0 Å². The van der Waals surface area contributed by atoms with Gasteiger partial charge >= 0.3 is 0 Å². The van der Waals surface area contributed by atoms with Crippen molar-refractivity contribution < 1.29 is 39.6 Å². The van der Waals surface area contributed by atoms with Crippen LogP contribution >= 0.6 is 0 Å². The molecule has 4 fully saturated rings. The van der Waals surface area contributed by atoms with Crippen LogP contribution in [-0.2, 0) is 19.2 Å². The summed E-state index contributed by atoms with van der Waals surface area (Å²) in [4.78, 5) is 63.4. The number of nitrogens with two attached hydrogens (primary N) is 4. The third kappa shape index (κ3) is 7.56. The van der Waals surface area contributed by atoms with E-state index < -0.39 is 69.7 Å². The number of hydrogen-bond donors (Lipinski definition) is 8. The van der Waals surface area contributed by atoms with Crippen LogP contribution in [0.2, 0.25) is 0 Å². The van der Waals surface area contributed by atoms with Crippen molar-refractivity contribution in [1.29, 1.82) is 0 Å². The van der Waals surface area contributed by atoms with Crippen LogP contribution in [0.15, 0.2) is 147 Å². The van der Waals surface area contributed by atoms with Crippen LogP contribution in [0.25, 0.3) is 45.0 Å². The van der Waals surface area contributed by atoms with Gasteiger partial charge in [0.25, 0.3) is 0 Å². The molecule has 4 aliphatic carbocycles. The third-order valence-corrected chi connectivity index (χ3v) is 18.7. The second kappa shape index (κ2) is 18.5. The van der Waals surface area contributed by atoms with Crippen molar-refractivity contribution in [2.24, 2.45) is 44.6 Å². The molecule has 0 spiro atoms. The van der Waals surface area contributed by atoms with Crippen molar-refractivity contribution in [2.75, 3.05) is 0 Å². The summed E-state index contributed by atoms with van der Waals surface area (Å²) in [5, 5.41) is 43.1. The zero-order valence-corrected chi connectivity index (χ0v) is 43.4. The fourth-order valence-electron chi connectivity index (χ4n) is 13.3. The Balaban J connectivity index is 0.000000101. The number of aliphatic hydroxyl groups is 4. The van der Waals surface area contributed by atoms with Gasteiger partial charge in [-0.3, -0.25) is 19.2 Å². The lowest BCUT2D eigenvalue weighted by Gasteiger charge is -2.27. The number of fused-ring (bicyclic) bond motifs is 12. The molecule has 4 saturated carbocycles. The average molecular weight is 1080 g/mol. The van der Waals surface area contributed by atoms with Gasteiger partial charge in [-0.25, -0.2) is 19.9 Å². The lowest BCUT2D eigenvalue weighted by atomic mass is 9.88. The molecule has 0 saturated heterocycles. The van der Waals surface area contributed by atoms with Crippen molar-refractivity contribution >= 4 is 23.6 Å². The predicted octanol–water partition coefficient (Wildman–Crippen LogP) is 4.32. The van der Waals surface area contributed by atoms with Gasteiger partial charge in [0.05, 0.1) is 143 Å². The molecular formula is C60H60N12O8. The topological polar surface area (TPSA) is 325 Å². The number of carbonyl (C=O) groups is 4. The van der Waals surface area contributed by atoms with E-state index in [4.69, 9.17) is 22.9 Å². The van der Waals surface area contributed by atoms with Gasteiger partial charge in [0.2, 0.25) is 23.6 Å². The summed E-state index contributed by atoms with van der Waals surface area (Å²) in [5.41, 5.74) is 31.2. The van der Waals surface area contributed by atoms with Crippen molar-refractivity contribution in [3.63, 3.8) is 0 Å². The zero-order chi connectivity index (χ0) is 55.6. The molecule has 4 aromatic carbocycles. The average Bonchev–Trinajstić information content (AvgIpc) is 4.61. The molecule has 0 unspecified atom stereocenters. The first-order valence-corrected chi connectivity index (χ1v) is 27.0. The van der Waals surface area contributed by atoms with Crippen LogP contribution in [0.1, 0.15) is 97.8 Å². The molecule has 8 atom stereocenters. The van der Waals surface area contributed by atoms with Gasteiger partial charge in [-0.05, 0) is 73.6 Å². The Hall–Kier alpha value is -8.56. The first-order chi connectivity index (χ1) is 38.6. The van der Waals surface area contributed by atoms with E-state index in [1.807, 2.05) is 115 Å². The number of benzene rings is 4. The first kappa shape index (κ1) is 50.9. The number of imidazole rings is 4. The number of aromatic nitrogens is 8. The maximum atomic E-state index is 11.7. The van der Waals surface area contributed by atoms with Crippen molar-refractivity contribution in [3.8, 4) is 45.0 Å². The number of aliphatic hydroxyl groups excluding tert-OH is 4. The normalized spacial score (nSPS) is 22.9. The minimum Gasteiger partial charge on any atom is -0.389 e. The van der Waals surface area contributed by atoms with E-state index in [0.29, 0.717) is 51.4 Å². The van der Waals surface area contributed by atoms with Crippen LogP contribution in [0.4, 0.5) is 0 Å². The Labute approximate surface area is 458 Å². The molecule has 408 valence electrons. The molecule has 8 aliphatic rings. The minimum atomic E-state index is -0.809. The molecule has 0 radical (unpaired) electrons. The maximum Gasteiger partial charge on any atom is 0.226 e. The summed E-state index contributed by atoms with van der Waals surface area (Å²) in [5.74, 6) is -1.63. The Morgan fingerprint density at radius 2 is 0.550 bits per heavy atom. The highest BCUT2D eigenvalue weighted by Gasteiger charge is 2.61. The van der Waals surface area contributed by atoms with Crippen molar-refractivity contribution in [1.82, 2.24) is 38.2 Å². The largest absolute Gasteiger partial charge is 0.389 e. The molecule has 12 N–H and O–H groups in total. The standard InChI is InChI=1S/4C15H15N3O2/c4*16-14(20)15(5-6-15)13(19)12-10-4-2-1-3-9(10)11-7-17-8-18(11)12/h4*1-4,7-8,12-13,19H,5-6H2,(H2,16,20)/t2*12-,13+;2*12-,13-/m1010/s1. The third-order valence-electron chi connectivity index (χ3n) is 18.7. The number of carbonyl (C=O) groups excluding carboxylic acids is 4. The number of amides is 4. The number of rotatable bonds is 12. The Morgan fingerprint density at radius 3 is 0.725 bits per heavy atom. The number of nitrogens with zero attached hydrogens (tertiary/aromatic N) is 8. The quantitative estimate of drug-likeness (QED) is 0.0849. The number of hydrogen-bond acceptors (Lipinski definition) is 12. The molecule has 8 aromatic rings. The van der Waals surface area contributed by atoms with Gasteiger partial charge in [0.1, 0.15) is 0 Å². The highest BCUT2D eigenvalue weighted by Crippen LogP contribution is 2.59. The summed E-state index contributed by atoms with van der Waals surface area (Å²) in [6, 6.07) is 30.6. The fourth-order valence-corrected chi connectivity index (χ4v) is 13.3. The van der Waals surface area contributed by atoms with Gasteiger partial charge in [-0.15, -0.1) is 0 Å². The maximum absolute atomic E-state index is 11.7. The van der Waals surface area contributed by atoms with Gasteiger partial charge < -0.3 is 61.6 Å². The highest BCUT2D eigenvalue weighted by molar-refractivity contribution is 5.87. The van der Waals surface area contributed by atoms with Gasteiger partial charge in [-0.1, -0.05) is 97.1 Å². The molecule has 16 rings (SSSR count). The van der Waals surface area contributed by atoms with E-state index in [-0.39, 0.29) is 24.2 Å². The van der Waals surface area contributed by atoms with Crippen LogP contribution in [-0.4, -0.2) is 107 Å². The SMILES string of the molecule is NC(=O)C1([C@@H](O)[C@@H]2c3ccccc3-c3cncn32)CC1.NC(=O)C1([C@@H](O)[C@H]2c3ccccc3-c3cncn32)CC1.NC(=O)C1([C@H](O)[C@@H]2c3ccccc3-c3cncn32)CC1.NC(=O)C1([C@H](O)[C@H]2c3ccccc3-c3cncn32)CC1. The van der Waals surface area contributed by atoms with Crippen molar-refractivity contribution in [2.45, 2.75) is 99.9 Å². The highest BCUT2D eigenvalue weighted by atomic mass is 16.3. The Kier molecular flexibility index (Phi) is 11.8. The molecule has 4 amide bonds. The van der Waals surface area contributed by atoms with Crippen LogP contribution in [0, 0.1) is 21.7 Å². The molecule has 4 aromatic heterocycles. The molecule has 4 aliphatic heterocycles. The summed E-state index contributed by atoms with van der Waals surface area (Å²) in [6.07, 6.45) is 16.0. The zero-order valence-electron chi connectivity index (χ0n) is 43.4. The molecule has 20 heteroatoms. The monoisotopic (exact) mass is 1080 g/mol. The molecular weight excluding hydrogens is 1020 g/mol. The smallest absolute Gasteiger partial charge is 0.226 e. The molecule has 8 heterocycles. The molecule has 20 nitrogen and oxygen atoms in total. The van der Waals surface area contributed by atoms with Crippen LogP contribution in [0.5, 0.6) is 0 Å². The summed E-state index contributed by atoms with van der Waals surface area (Å²) < 4.78 is 7.77. The minimum absolute atomic E-state index is 0.279. The van der Waals surface area contributed by atoms with Crippen LogP contribution < -0.4 is 22.9 Å². The van der Waals surface area contributed by atoms with Gasteiger partial charge in [0.15, 0.2) is 0 Å². The Bertz CT molecular complexity index is 3300. The second-order valence-electron chi connectivity index (χ2n) is 22.7. The van der Waals surface area contributed by atoms with E-state index in [1.54, 1.807) is 50.1 Å². The van der Waals surface area contributed by atoms with E-state index in [2.05, 4.69) is 19.9 Å². The first-order valence-electron chi connectivity index (χ1n) is 27.0. The fraction of sp³-hybridized carbons (Fsp3) is 0.333. The number of primary amides is 4. The van der Waals surface area contributed by atoms with Gasteiger partial charge in [0, 0.05) is 22.3 Å². The predicted molar refractivity (Wildman–Crippen MR) is 291 cm³/mol. The summed E-state index contributed by atoms with van der Waals surface area (Å²) in [7, 11) is 0. The van der Waals surface area contributed by atoms with E-state index in [9.17, 15) is 39.6 Å². The lowest BCUT2D eigenvalue weighted by molar-refractivity contribution is -0.129. The second-order valence-corrected chi connectivity index (χ2v) is 22.7. The van der Waals surface area contributed by atoms with Crippen molar-refractivity contribution in [3.05, 3.63) is 169 Å². The van der Waals surface area contributed by atoms with E-state index >= 15 is 0 Å². The van der Waals surface area contributed by atoms with E-state index in [0.717, 1.165) is 67.3 Å². The molecule has 0 bridgehead atoms. The Morgan fingerprint density at radius 1 is 0.362 bits per heavy atom.